The summed E-state index contributed by atoms with van der Waals surface area (Å²) in [5.74, 6) is 0. The SMILES string of the molecule is CN1CCCN(C)C(c2nc(-c3cccc(Br)c3)cs2)C1. The molecule has 1 unspecified atom stereocenters. The molecule has 1 fully saturated rings. The minimum atomic E-state index is 0.406. The van der Waals surface area contributed by atoms with E-state index in [4.69, 9.17) is 4.98 Å². The Kier molecular flexibility index (Phi) is 4.74. The molecule has 0 spiro atoms. The second-order valence-corrected chi connectivity index (χ2v) is 7.50. The van der Waals surface area contributed by atoms with Crippen molar-refractivity contribution < 1.29 is 0 Å². The van der Waals surface area contributed by atoms with E-state index in [1.54, 1.807) is 11.3 Å². The minimum absolute atomic E-state index is 0.406. The molecule has 0 radical (unpaired) electrons. The van der Waals surface area contributed by atoms with Gasteiger partial charge in [-0.05, 0) is 45.7 Å². The van der Waals surface area contributed by atoms with Crippen LogP contribution in [0.4, 0.5) is 0 Å². The molecule has 0 amide bonds. The number of halogens is 1. The molecule has 5 heteroatoms. The number of hydrogen-bond donors (Lipinski definition) is 0. The van der Waals surface area contributed by atoms with Crippen LogP contribution in [0.5, 0.6) is 0 Å². The molecule has 1 saturated heterocycles. The average Bonchev–Trinajstić information content (AvgIpc) is 2.87. The molecule has 1 aromatic heterocycles. The van der Waals surface area contributed by atoms with E-state index in [0.29, 0.717) is 6.04 Å². The first-order chi connectivity index (χ1) is 10.1. The number of nitrogens with zero attached hydrogens (tertiary/aromatic N) is 3. The van der Waals surface area contributed by atoms with Crippen LogP contribution in [0.15, 0.2) is 34.1 Å². The number of hydrogen-bond acceptors (Lipinski definition) is 4. The molecule has 0 saturated carbocycles. The molecular formula is C16H20BrN3S. The molecule has 112 valence electrons. The number of likely N-dealkylation sites (N-methyl/N-ethyl adjacent to an activating group) is 2. The quantitative estimate of drug-likeness (QED) is 0.804. The summed E-state index contributed by atoms with van der Waals surface area (Å²) in [5, 5.41) is 3.40. The molecule has 1 atom stereocenters. The lowest BCUT2D eigenvalue weighted by Gasteiger charge is -2.25. The zero-order chi connectivity index (χ0) is 14.8. The predicted molar refractivity (Wildman–Crippen MR) is 92.7 cm³/mol. The summed E-state index contributed by atoms with van der Waals surface area (Å²) in [5.41, 5.74) is 2.26. The van der Waals surface area contributed by atoms with Gasteiger partial charge in [0.15, 0.2) is 0 Å². The first-order valence-corrected chi connectivity index (χ1v) is 8.91. The number of thiazole rings is 1. The smallest absolute Gasteiger partial charge is 0.112 e. The lowest BCUT2D eigenvalue weighted by Crippen LogP contribution is -2.30. The van der Waals surface area contributed by atoms with Crippen LogP contribution in [0.1, 0.15) is 17.5 Å². The van der Waals surface area contributed by atoms with E-state index in [-0.39, 0.29) is 0 Å². The van der Waals surface area contributed by atoms with Gasteiger partial charge in [0.25, 0.3) is 0 Å². The maximum atomic E-state index is 4.90. The van der Waals surface area contributed by atoms with Crippen LogP contribution in [-0.2, 0) is 0 Å². The summed E-state index contributed by atoms with van der Waals surface area (Å²) < 4.78 is 1.10. The van der Waals surface area contributed by atoms with Gasteiger partial charge < -0.3 is 4.90 Å². The average molecular weight is 366 g/mol. The highest BCUT2D eigenvalue weighted by Gasteiger charge is 2.24. The van der Waals surface area contributed by atoms with Crippen LogP contribution in [0, 0.1) is 0 Å². The highest BCUT2D eigenvalue weighted by molar-refractivity contribution is 9.10. The second kappa shape index (κ2) is 6.57. The van der Waals surface area contributed by atoms with Gasteiger partial charge in [0, 0.05) is 22.0 Å². The van der Waals surface area contributed by atoms with Gasteiger partial charge in [-0.1, -0.05) is 28.1 Å². The van der Waals surface area contributed by atoms with E-state index < -0.39 is 0 Å². The first kappa shape index (κ1) is 15.2. The summed E-state index contributed by atoms with van der Waals surface area (Å²) in [6.45, 7) is 3.37. The maximum Gasteiger partial charge on any atom is 0.112 e. The van der Waals surface area contributed by atoms with Gasteiger partial charge >= 0.3 is 0 Å². The van der Waals surface area contributed by atoms with Crippen LogP contribution < -0.4 is 0 Å². The number of rotatable bonds is 2. The van der Waals surface area contributed by atoms with Crippen LogP contribution in [0.25, 0.3) is 11.3 Å². The molecule has 3 nitrogen and oxygen atoms in total. The van der Waals surface area contributed by atoms with Gasteiger partial charge in [-0.25, -0.2) is 4.98 Å². The molecule has 2 aromatic rings. The zero-order valence-corrected chi connectivity index (χ0v) is 14.8. The van der Waals surface area contributed by atoms with Crippen molar-refractivity contribution in [2.45, 2.75) is 12.5 Å². The monoisotopic (exact) mass is 365 g/mol. The maximum absolute atomic E-state index is 4.90. The molecule has 2 heterocycles. The van der Waals surface area contributed by atoms with Crippen molar-refractivity contribution in [2.24, 2.45) is 0 Å². The Hall–Kier alpha value is -0.750. The fourth-order valence-corrected chi connectivity index (χ4v) is 4.14. The van der Waals surface area contributed by atoms with Gasteiger partial charge in [-0.2, -0.15) is 0 Å². The molecule has 0 bridgehead atoms. The van der Waals surface area contributed by atoms with Crippen molar-refractivity contribution in [3.8, 4) is 11.3 Å². The lowest BCUT2D eigenvalue weighted by atomic mass is 10.2. The summed E-state index contributed by atoms with van der Waals surface area (Å²) in [6, 6.07) is 8.76. The molecule has 1 aliphatic rings. The van der Waals surface area contributed by atoms with E-state index in [2.05, 4.69) is 63.4 Å². The summed E-state index contributed by atoms with van der Waals surface area (Å²) in [7, 11) is 4.42. The highest BCUT2D eigenvalue weighted by Crippen LogP contribution is 2.30. The second-order valence-electron chi connectivity index (χ2n) is 5.69. The molecule has 0 aliphatic carbocycles. The van der Waals surface area contributed by atoms with Crippen LogP contribution >= 0.6 is 27.3 Å². The van der Waals surface area contributed by atoms with Crippen molar-refractivity contribution in [1.29, 1.82) is 0 Å². The van der Waals surface area contributed by atoms with E-state index in [0.717, 1.165) is 23.3 Å². The van der Waals surface area contributed by atoms with E-state index in [1.165, 1.54) is 23.5 Å². The normalized spacial score (nSPS) is 21.4. The van der Waals surface area contributed by atoms with Crippen molar-refractivity contribution in [2.75, 3.05) is 33.7 Å². The van der Waals surface area contributed by atoms with Gasteiger partial charge in [0.05, 0.1) is 11.7 Å². The lowest BCUT2D eigenvalue weighted by molar-refractivity contribution is 0.228. The zero-order valence-electron chi connectivity index (χ0n) is 12.4. The molecule has 21 heavy (non-hydrogen) atoms. The number of benzene rings is 1. The number of aromatic nitrogens is 1. The van der Waals surface area contributed by atoms with Crippen LogP contribution in [0.2, 0.25) is 0 Å². The predicted octanol–water partition coefficient (Wildman–Crippen LogP) is 3.88. The van der Waals surface area contributed by atoms with E-state index in [9.17, 15) is 0 Å². The fraction of sp³-hybridized carbons (Fsp3) is 0.438. The Morgan fingerprint density at radius 3 is 2.95 bits per heavy atom. The summed E-state index contributed by atoms with van der Waals surface area (Å²) >= 11 is 5.31. The first-order valence-electron chi connectivity index (χ1n) is 7.23. The third-order valence-corrected chi connectivity index (χ3v) is 5.43. The third kappa shape index (κ3) is 3.54. The summed E-state index contributed by atoms with van der Waals surface area (Å²) in [4.78, 5) is 9.75. The van der Waals surface area contributed by atoms with Crippen LogP contribution in [-0.4, -0.2) is 48.5 Å². The van der Waals surface area contributed by atoms with Gasteiger partial charge in [0.1, 0.15) is 5.01 Å². The van der Waals surface area contributed by atoms with Gasteiger partial charge in [-0.3, -0.25) is 4.90 Å². The van der Waals surface area contributed by atoms with Crippen molar-refractivity contribution in [3.05, 3.63) is 39.1 Å². The van der Waals surface area contributed by atoms with Gasteiger partial charge in [0.2, 0.25) is 0 Å². The summed E-state index contributed by atoms with van der Waals surface area (Å²) in [6.07, 6.45) is 1.23. The van der Waals surface area contributed by atoms with Crippen molar-refractivity contribution >= 4 is 27.3 Å². The largest absolute Gasteiger partial charge is 0.304 e. The Morgan fingerprint density at radius 1 is 1.29 bits per heavy atom. The Balaban J connectivity index is 1.86. The fourth-order valence-electron chi connectivity index (χ4n) is 2.76. The van der Waals surface area contributed by atoms with Crippen molar-refractivity contribution in [3.63, 3.8) is 0 Å². The van der Waals surface area contributed by atoms with Crippen molar-refractivity contribution in [1.82, 2.24) is 14.8 Å². The van der Waals surface area contributed by atoms with Gasteiger partial charge in [-0.15, -0.1) is 11.3 Å². The molecule has 1 aromatic carbocycles. The Morgan fingerprint density at radius 2 is 2.14 bits per heavy atom. The van der Waals surface area contributed by atoms with E-state index >= 15 is 0 Å². The molecular weight excluding hydrogens is 346 g/mol. The third-order valence-electron chi connectivity index (χ3n) is 3.99. The molecule has 3 rings (SSSR count). The Bertz CT molecular complexity index is 613. The topological polar surface area (TPSA) is 19.4 Å². The highest BCUT2D eigenvalue weighted by atomic mass is 79.9. The van der Waals surface area contributed by atoms with E-state index in [1.807, 2.05) is 6.07 Å². The minimum Gasteiger partial charge on any atom is -0.304 e. The standard InChI is InChI=1S/C16H20BrN3S/c1-19-7-4-8-20(2)15(10-19)16-18-14(11-21-16)12-5-3-6-13(17)9-12/h3,5-6,9,11,15H,4,7-8,10H2,1-2H3. The Labute approximate surface area is 138 Å². The van der Waals surface area contributed by atoms with Crippen LogP contribution in [0.3, 0.4) is 0 Å². The molecule has 1 aliphatic heterocycles. The molecule has 0 N–H and O–H groups in total.